The summed E-state index contributed by atoms with van der Waals surface area (Å²) in [5.74, 6) is -1.55. The molecule has 0 bridgehead atoms. The first kappa shape index (κ1) is 14.0. The molecule has 6 nitrogen and oxygen atoms in total. The first-order valence-corrected chi connectivity index (χ1v) is 5.68. The largest absolute Gasteiger partial charge is 0.481 e. The van der Waals surface area contributed by atoms with Crippen molar-refractivity contribution in [2.75, 3.05) is 6.54 Å². The van der Waals surface area contributed by atoms with Gasteiger partial charge in [-0.25, -0.2) is 4.79 Å². The molecule has 1 rings (SSSR count). The summed E-state index contributed by atoms with van der Waals surface area (Å²) in [6, 6.07) is 4.81. The summed E-state index contributed by atoms with van der Waals surface area (Å²) in [6.07, 6.45) is 1.65. The second kappa shape index (κ2) is 6.58. The number of carboxylic acids is 1. The van der Waals surface area contributed by atoms with Crippen molar-refractivity contribution in [3.63, 3.8) is 0 Å². The molecule has 0 fully saturated rings. The molecule has 3 N–H and O–H groups in total. The lowest BCUT2D eigenvalue weighted by Crippen LogP contribution is -2.40. The predicted molar refractivity (Wildman–Crippen MR) is 66.0 cm³/mol. The number of amides is 2. The third-order valence-corrected chi connectivity index (χ3v) is 2.47. The van der Waals surface area contributed by atoms with Crippen LogP contribution in [0.3, 0.4) is 0 Å². The topological polar surface area (TPSA) is 91.3 Å². The number of carbonyl (C=O) groups excluding carboxylic acids is 1. The van der Waals surface area contributed by atoms with Gasteiger partial charge in [-0.1, -0.05) is 13.0 Å². The molecule has 1 heterocycles. The third-order valence-electron chi connectivity index (χ3n) is 2.47. The van der Waals surface area contributed by atoms with E-state index >= 15 is 0 Å². The van der Waals surface area contributed by atoms with Gasteiger partial charge in [0.05, 0.1) is 17.7 Å². The number of carboxylic acid groups (broad SMARTS) is 1. The number of rotatable bonds is 5. The fourth-order valence-electron chi connectivity index (χ4n) is 1.29. The van der Waals surface area contributed by atoms with Crippen LogP contribution >= 0.6 is 0 Å². The minimum Gasteiger partial charge on any atom is -0.481 e. The molecule has 0 aromatic carbocycles. The van der Waals surface area contributed by atoms with Crippen LogP contribution in [0.1, 0.15) is 25.6 Å². The van der Waals surface area contributed by atoms with E-state index in [1.54, 1.807) is 12.3 Å². The Hall–Kier alpha value is -2.11. The maximum absolute atomic E-state index is 11.5. The van der Waals surface area contributed by atoms with Crippen LogP contribution in [0.2, 0.25) is 0 Å². The van der Waals surface area contributed by atoms with E-state index < -0.39 is 17.9 Å². The van der Waals surface area contributed by atoms with Crippen LogP contribution in [0.25, 0.3) is 0 Å². The van der Waals surface area contributed by atoms with Gasteiger partial charge in [0, 0.05) is 12.7 Å². The quantitative estimate of drug-likeness (QED) is 0.732. The Morgan fingerprint density at radius 3 is 2.67 bits per heavy atom. The zero-order chi connectivity index (χ0) is 13.5. The molecule has 2 atom stereocenters. The number of aromatic nitrogens is 1. The molecule has 0 radical (unpaired) electrons. The molecule has 98 valence electrons. The Kier molecular flexibility index (Phi) is 5.10. The zero-order valence-corrected chi connectivity index (χ0v) is 10.4. The number of hydrogen-bond acceptors (Lipinski definition) is 3. The Morgan fingerprint density at radius 2 is 2.11 bits per heavy atom. The summed E-state index contributed by atoms with van der Waals surface area (Å²) >= 11 is 0. The number of aliphatic carboxylic acids is 1. The van der Waals surface area contributed by atoms with Gasteiger partial charge in [-0.05, 0) is 19.1 Å². The van der Waals surface area contributed by atoms with Gasteiger partial charge in [0.25, 0.3) is 0 Å². The van der Waals surface area contributed by atoms with Gasteiger partial charge < -0.3 is 15.7 Å². The molecule has 18 heavy (non-hydrogen) atoms. The van der Waals surface area contributed by atoms with Crippen molar-refractivity contribution in [2.24, 2.45) is 5.92 Å². The highest BCUT2D eigenvalue weighted by molar-refractivity contribution is 5.76. The molecule has 0 saturated carbocycles. The van der Waals surface area contributed by atoms with E-state index in [9.17, 15) is 9.59 Å². The lowest BCUT2D eigenvalue weighted by Gasteiger charge is -2.15. The van der Waals surface area contributed by atoms with Crippen molar-refractivity contribution in [2.45, 2.75) is 19.9 Å². The molecular formula is C12H17N3O3. The van der Waals surface area contributed by atoms with Crippen molar-refractivity contribution in [3.8, 4) is 0 Å². The number of nitrogens with zero attached hydrogens (tertiary/aromatic N) is 1. The monoisotopic (exact) mass is 251 g/mol. The lowest BCUT2D eigenvalue weighted by molar-refractivity contribution is -0.140. The summed E-state index contributed by atoms with van der Waals surface area (Å²) in [4.78, 5) is 26.2. The van der Waals surface area contributed by atoms with Crippen LogP contribution in [-0.4, -0.2) is 28.6 Å². The number of nitrogens with one attached hydrogen (secondary N) is 2. The van der Waals surface area contributed by atoms with Crippen molar-refractivity contribution in [1.29, 1.82) is 0 Å². The Balaban J connectivity index is 2.39. The molecule has 2 unspecified atom stereocenters. The molecule has 6 heteroatoms. The Morgan fingerprint density at radius 1 is 1.39 bits per heavy atom. The summed E-state index contributed by atoms with van der Waals surface area (Å²) in [5.41, 5.74) is 0.749. The van der Waals surface area contributed by atoms with Gasteiger partial charge in [0.15, 0.2) is 0 Å². The minimum atomic E-state index is -0.937. The zero-order valence-electron chi connectivity index (χ0n) is 10.4. The highest BCUT2D eigenvalue weighted by Gasteiger charge is 2.14. The maximum atomic E-state index is 11.5. The number of pyridine rings is 1. The first-order chi connectivity index (χ1) is 8.50. The van der Waals surface area contributed by atoms with Crippen LogP contribution in [-0.2, 0) is 4.79 Å². The summed E-state index contributed by atoms with van der Waals surface area (Å²) in [5, 5.41) is 13.9. The van der Waals surface area contributed by atoms with Gasteiger partial charge in [0.2, 0.25) is 0 Å². The summed E-state index contributed by atoms with van der Waals surface area (Å²) < 4.78 is 0. The van der Waals surface area contributed by atoms with Gasteiger partial charge in [0.1, 0.15) is 0 Å². The first-order valence-electron chi connectivity index (χ1n) is 5.68. The summed E-state index contributed by atoms with van der Waals surface area (Å²) in [6.45, 7) is 3.43. The maximum Gasteiger partial charge on any atom is 0.315 e. The van der Waals surface area contributed by atoms with Gasteiger partial charge >= 0.3 is 12.0 Å². The second-order valence-corrected chi connectivity index (χ2v) is 4.07. The third kappa shape index (κ3) is 4.40. The summed E-state index contributed by atoms with van der Waals surface area (Å²) in [7, 11) is 0. The predicted octanol–water partition coefficient (Wildman–Crippen LogP) is 1.16. The van der Waals surface area contributed by atoms with Gasteiger partial charge in [-0.2, -0.15) is 0 Å². The van der Waals surface area contributed by atoms with Crippen molar-refractivity contribution >= 4 is 12.0 Å². The molecule has 0 spiro atoms. The van der Waals surface area contributed by atoms with Crippen LogP contribution < -0.4 is 10.6 Å². The van der Waals surface area contributed by atoms with Crippen molar-refractivity contribution in [1.82, 2.24) is 15.6 Å². The van der Waals surface area contributed by atoms with Gasteiger partial charge in [-0.15, -0.1) is 0 Å². The second-order valence-electron chi connectivity index (χ2n) is 4.07. The smallest absolute Gasteiger partial charge is 0.315 e. The highest BCUT2D eigenvalue weighted by Crippen LogP contribution is 2.07. The number of urea groups is 1. The highest BCUT2D eigenvalue weighted by atomic mass is 16.4. The van der Waals surface area contributed by atoms with Crippen LogP contribution in [0, 0.1) is 5.92 Å². The fourth-order valence-corrected chi connectivity index (χ4v) is 1.29. The molecule has 2 amide bonds. The molecule has 0 aliphatic heterocycles. The van der Waals surface area contributed by atoms with Gasteiger partial charge in [-0.3, -0.25) is 9.78 Å². The van der Waals surface area contributed by atoms with Crippen LogP contribution in [0.5, 0.6) is 0 Å². The molecule has 1 aromatic heterocycles. The lowest BCUT2D eigenvalue weighted by atomic mass is 10.2. The van der Waals surface area contributed by atoms with Crippen molar-refractivity contribution in [3.05, 3.63) is 30.1 Å². The Labute approximate surface area is 105 Å². The normalized spacial score (nSPS) is 13.4. The van der Waals surface area contributed by atoms with Crippen molar-refractivity contribution < 1.29 is 14.7 Å². The molecule has 1 aromatic rings. The molecule has 0 saturated heterocycles. The van der Waals surface area contributed by atoms with Crippen LogP contribution in [0.15, 0.2) is 24.4 Å². The average molecular weight is 251 g/mol. The fraction of sp³-hybridized carbons (Fsp3) is 0.417. The molecule has 0 aliphatic rings. The molecule has 0 aliphatic carbocycles. The van der Waals surface area contributed by atoms with E-state index in [1.165, 1.54) is 6.92 Å². The van der Waals surface area contributed by atoms with Crippen LogP contribution in [0.4, 0.5) is 4.79 Å². The SMILES string of the molecule is CC(CNC(=O)NC(C)c1ccccn1)C(=O)O. The van der Waals surface area contributed by atoms with E-state index in [-0.39, 0.29) is 12.6 Å². The minimum absolute atomic E-state index is 0.0934. The van der Waals surface area contributed by atoms with E-state index in [0.717, 1.165) is 5.69 Å². The molecular weight excluding hydrogens is 234 g/mol. The average Bonchev–Trinajstić information content (AvgIpc) is 2.36. The number of hydrogen-bond donors (Lipinski definition) is 3. The van der Waals surface area contributed by atoms with E-state index in [0.29, 0.717) is 0 Å². The number of carbonyl (C=O) groups is 2. The van der Waals surface area contributed by atoms with E-state index in [2.05, 4.69) is 15.6 Å². The van der Waals surface area contributed by atoms with E-state index in [4.69, 9.17) is 5.11 Å². The standard InChI is InChI=1S/C12H17N3O3/c1-8(11(16)17)7-14-12(18)15-9(2)10-5-3-4-6-13-10/h3-6,8-9H,7H2,1-2H3,(H,16,17)(H2,14,15,18). The van der Waals surface area contributed by atoms with E-state index in [1.807, 2.05) is 19.1 Å². The Bertz CT molecular complexity index is 408.